The molecule has 0 spiro atoms. The van der Waals surface area contributed by atoms with Gasteiger partial charge in [-0.2, -0.15) is 0 Å². The van der Waals surface area contributed by atoms with E-state index in [1.807, 2.05) is 6.92 Å². The van der Waals surface area contributed by atoms with E-state index in [4.69, 9.17) is 11.6 Å². The summed E-state index contributed by atoms with van der Waals surface area (Å²) >= 11 is 7.23. The van der Waals surface area contributed by atoms with Crippen LogP contribution in [0.4, 0.5) is 15.8 Å². The highest BCUT2D eigenvalue weighted by atomic mass is 35.5. The number of halogens is 2. The maximum Gasteiger partial charge on any atom is 0.234 e. The topological polar surface area (TPSA) is 97.2 Å². The Morgan fingerprint density at radius 3 is 2.50 bits per heavy atom. The summed E-state index contributed by atoms with van der Waals surface area (Å²) in [7, 11) is -3.66. The number of carbonyl (C=O) groups is 1. The molecule has 1 aromatic heterocycles. The average molecular weight is 498 g/mol. The molecule has 1 heterocycles. The third-order valence-corrected chi connectivity index (χ3v) is 6.83. The number of carbonyl (C=O) groups excluding carboxylic acids is 1. The van der Waals surface area contributed by atoms with Gasteiger partial charge in [0.25, 0.3) is 0 Å². The summed E-state index contributed by atoms with van der Waals surface area (Å²) in [4.78, 5) is 12.3. The fourth-order valence-electron chi connectivity index (χ4n) is 2.88. The number of sulfonamides is 1. The van der Waals surface area contributed by atoms with Crippen LogP contribution in [0.5, 0.6) is 0 Å². The Labute approximate surface area is 194 Å². The Morgan fingerprint density at radius 2 is 1.88 bits per heavy atom. The molecule has 1 amide bonds. The molecular formula is C20H21ClFN5O3S2. The third kappa shape index (κ3) is 5.99. The van der Waals surface area contributed by atoms with Crippen molar-refractivity contribution < 1.29 is 17.6 Å². The van der Waals surface area contributed by atoms with Crippen LogP contribution in [0.2, 0.25) is 5.02 Å². The summed E-state index contributed by atoms with van der Waals surface area (Å²) in [6.07, 6.45) is 1.07. The largest absolute Gasteiger partial charge is 0.324 e. The van der Waals surface area contributed by atoms with Crippen LogP contribution in [-0.4, -0.2) is 41.1 Å². The van der Waals surface area contributed by atoms with Crippen molar-refractivity contribution in [3.8, 4) is 0 Å². The number of para-hydroxylation sites is 1. The number of hydrogen-bond acceptors (Lipinski definition) is 6. The van der Waals surface area contributed by atoms with Gasteiger partial charge in [0.2, 0.25) is 15.9 Å². The fourth-order valence-corrected chi connectivity index (χ4v) is 4.73. The number of hydrogen-bond donors (Lipinski definition) is 1. The zero-order valence-corrected chi connectivity index (χ0v) is 19.7. The Kier molecular flexibility index (Phi) is 7.75. The lowest BCUT2D eigenvalue weighted by Crippen LogP contribution is -2.30. The van der Waals surface area contributed by atoms with Crippen LogP contribution in [0.25, 0.3) is 0 Å². The molecule has 3 aromatic rings. The lowest BCUT2D eigenvalue weighted by Gasteiger charge is -2.22. The molecule has 3 rings (SSSR count). The fraction of sp³-hybridized carbons (Fsp3) is 0.250. The average Bonchev–Trinajstić information content (AvgIpc) is 3.14. The van der Waals surface area contributed by atoms with Crippen molar-refractivity contribution in [1.82, 2.24) is 14.8 Å². The molecule has 8 nitrogen and oxygen atoms in total. The molecule has 0 bridgehead atoms. The number of rotatable bonds is 9. The maximum atomic E-state index is 13.3. The molecule has 0 unspecified atom stereocenters. The van der Waals surface area contributed by atoms with Gasteiger partial charge in [-0.1, -0.05) is 35.5 Å². The quantitative estimate of drug-likeness (QED) is 0.452. The van der Waals surface area contributed by atoms with Gasteiger partial charge in [-0.25, -0.2) is 12.8 Å². The van der Waals surface area contributed by atoms with Crippen LogP contribution < -0.4 is 9.62 Å². The molecule has 12 heteroatoms. The highest BCUT2D eigenvalue weighted by Crippen LogP contribution is 2.24. The Morgan fingerprint density at radius 1 is 1.19 bits per heavy atom. The van der Waals surface area contributed by atoms with Crippen LogP contribution in [0, 0.1) is 5.82 Å². The first-order valence-corrected chi connectivity index (χ1v) is 12.7. The van der Waals surface area contributed by atoms with E-state index in [9.17, 15) is 17.6 Å². The van der Waals surface area contributed by atoms with E-state index in [1.165, 1.54) is 36.0 Å². The predicted molar refractivity (Wildman–Crippen MR) is 124 cm³/mol. The van der Waals surface area contributed by atoms with Crippen molar-refractivity contribution in [2.24, 2.45) is 0 Å². The van der Waals surface area contributed by atoms with E-state index in [0.29, 0.717) is 33.9 Å². The lowest BCUT2D eigenvalue weighted by atomic mass is 10.3. The second-order valence-corrected chi connectivity index (χ2v) is 9.96. The van der Waals surface area contributed by atoms with E-state index < -0.39 is 15.8 Å². The molecule has 1 N–H and O–H groups in total. The number of benzene rings is 2. The number of nitrogens with one attached hydrogen (secondary N) is 1. The predicted octanol–water partition coefficient (Wildman–Crippen LogP) is 3.79. The molecular weight excluding hydrogens is 477 g/mol. The summed E-state index contributed by atoms with van der Waals surface area (Å²) in [5.41, 5.74) is 0.827. The molecule has 0 saturated heterocycles. The monoisotopic (exact) mass is 497 g/mol. The van der Waals surface area contributed by atoms with Gasteiger partial charge in [-0.05, 0) is 43.3 Å². The van der Waals surface area contributed by atoms with Crippen molar-refractivity contribution in [2.45, 2.75) is 25.2 Å². The second-order valence-electron chi connectivity index (χ2n) is 6.71. The van der Waals surface area contributed by atoms with Crippen molar-refractivity contribution in [3.05, 3.63) is 65.2 Å². The molecule has 0 saturated carbocycles. The highest BCUT2D eigenvalue weighted by molar-refractivity contribution is 7.99. The Bertz CT molecular complexity index is 1200. The van der Waals surface area contributed by atoms with Crippen LogP contribution in [0.1, 0.15) is 12.7 Å². The molecule has 2 aromatic carbocycles. The summed E-state index contributed by atoms with van der Waals surface area (Å²) < 4.78 is 40.8. The van der Waals surface area contributed by atoms with Crippen molar-refractivity contribution in [2.75, 3.05) is 21.6 Å². The SMILES string of the molecule is CCn1c(CN(c2ccc(F)cc2)S(C)(=O)=O)nnc1SCC(=O)Nc1ccccc1Cl. The molecule has 0 aliphatic rings. The first-order chi connectivity index (χ1) is 15.2. The van der Waals surface area contributed by atoms with Crippen molar-refractivity contribution >= 4 is 50.7 Å². The normalized spacial score (nSPS) is 11.4. The minimum Gasteiger partial charge on any atom is -0.324 e. The van der Waals surface area contributed by atoms with Gasteiger partial charge < -0.3 is 9.88 Å². The van der Waals surface area contributed by atoms with Gasteiger partial charge in [0.1, 0.15) is 5.82 Å². The summed E-state index contributed by atoms with van der Waals surface area (Å²) in [5.74, 6) is -0.264. The summed E-state index contributed by atoms with van der Waals surface area (Å²) in [6.45, 7) is 2.25. The van der Waals surface area contributed by atoms with E-state index in [2.05, 4.69) is 15.5 Å². The van der Waals surface area contributed by atoms with Crippen molar-refractivity contribution in [3.63, 3.8) is 0 Å². The number of thioether (sulfide) groups is 1. The van der Waals surface area contributed by atoms with Crippen LogP contribution in [0.15, 0.2) is 53.7 Å². The van der Waals surface area contributed by atoms with E-state index >= 15 is 0 Å². The zero-order valence-electron chi connectivity index (χ0n) is 17.3. The molecule has 0 atom stereocenters. The highest BCUT2D eigenvalue weighted by Gasteiger charge is 2.22. The third-order valence-electron chi connectivity index (χ3n) is 4.39. The minimum absolute atomic E-state index is 0.0666. The Balaban J connectivity index is 1.74. The van der Waals surface area contributed by atoms with Crippen LogP contribution in [-0.2, 0) is 27.9 Å². The first-order valence-electron chi connectivity index (χ1n) is 9.51. The van der Waals surface area contributed by atoms with Gasteiger partial charge in [-0.3, -0.25) is 9.10 Å². The minimum atomic E-state index is -3.66. The lowest BCUT2D eigenvalue weighted by molar-refractivity contribution is -0.113. The zero-order chi connectivity index (χ0) is 23.3. The number of anilines is 2. The maximum absolute atomic E-state index is 13.3. The van der Waals surface area contributed by atoms with Gasteiger partial charge in [0.05, 0.1) is 35.0 Å². The molecule has 32 heavy (non-hydrogen) atoms. The molecule has 0 fully saturated rings. The van der Waals surface area contributed by atoms with Crippen LogP contribution >= 0.6 is 23.4 Å². The van der Waals surface area contributed by atoms with Gasteiger partial charge in [-0.15, -0.1) is 10.2 Å². The Hall–Kier alpha value is -2.63. The van der Waals surface area contributed by atoms with Gasteiger partial charge >= 0.3 is 0 Å². The molecule has 170 valence electrons. The van der Waals surface area contributed by atoms with E-state index in [-0.39, 0.29) is 18.2 Å². The standard InChI is InChI=1S/C20H21ClFN5O3S2/c1-3-26-18(12-27(32(2,29)30)15-10-8-14(22)9-11-15)24-25-20(26)31-13-19(28)23-17-7-5-4-6-16(17)21/h4-11H,3,12-13H2,1-2H3,(H,23,28). The number of aromatic nitrogens is 3. The molecule has 0 aliphatic carbocycles. The first kappa shape index (κ1) is 24.0. The number of nitrogens with zero attached hydrogens (tertiary/aromatic N) is 4. The van der Waals surface area contributed by atoms with E-state index in [1.54, 1.807) is 28.8 Å². The van der Waals surface area contributed by atoms with E-state index in [0.717, 1.165) is 10.6 Å². The molecule has 0 radical (unpaired) electrons. The second kappa shape index (κ2) is 10.3. The van der Waals surface area contributed by atoms with Crippen molar-refractivity contribution in [1.29, 1.82) is 0 Å². The number of amides is 1. The van der Waals surface area contributed by atoms with Crippen LogP contribution in [0.3, 0.4) is 0 Å². The summed E-state index contributed by atoms with van der Waals surface area (Å²) in [5, 5.41) is 11.9. The smallest absolute Gasteiger partial charge is 0.234 e. The van der Waals surface area contributed by atoms with Gasteiger partial charge in [0, 0.05) is 6.54 Å². The molecule has 0 aliphatic heterocycles. The van der Waals surface area contributed by atoms with Gasteiger partial charge in [0.15, 0.2) is 11.0 Å². The summed E-state index contributed by atoms with van der Waals surface area (Å²) in [6, 6.07) is 12.1.